The summed E-state index contributed by atoms with van der Waals surface area (Å²) in [6, 6.07) is 4.35. The minimum Gasteiger partial charge on any atom is -0.269 e. The molecule has 1 aliphatic heterocycles. The van der Waals surface area contributed by atoms with Crippen molar-refractivity contribution in [2.45, 2.75) is 19.4 Å². The van der Waals surface area contributed by atoms with Gasteiger partial charge in [-0.05, 0) is 30.4 Å². The Balaban J connectivity index is 2.08. The van der Waals surface area contributed by atoms with E-state index >= 15 is 0 Å². The van der Waals surface area contributed by atoms with E-state index < -0.39 is 0 Å². The molecule has 0 aliphatic carbocycles. The first-order valence-corrected chi connectivity index (χ1v) is 5.47. The third-order valence-corrected chi connectivity index (χ3v) is 3.17. The van der Waals surface area contributed by atoms with Gasteiger partial charge in [0, 0.05) is 23.2 Å². The molecule has 0 saturated carbocycles. The van der Waals surface area contributed by atoms with Crippen LogP contribution in [0.4, 0.5) is 0 Å². The van der Waals surface area contributed by atoms with Gasteiger partial charge in [0.25, 0.3) is 0 Å². The van der Waals surface area contributed by atoms with Crippen LogP contribution in [-0.2, 0) is 13.0 Å². The Labute approximate surface area is 80.8 Å². The molecule has 66 valence electrons. The Morgan fingerprint density at radius 3 is 3.23 bits per heavy atom. The van der Waals surface area contributed by atoms with Gasteiger partial charge in [0.1, 0.15) is 0 Å². The number of aryl methyl sites for hydroxylation is 2. The van der Waals surface area contributed by atoms with Crippen molar-refractivity contribution in [1.29, 1.82) is 0 Å². The van der Waals surface area contributed by atoms with Crippen molar-refractivity contribution in [3.05, 3.63) is 28.6 Å². The Kier molecular flexibility index (Phi) is 1.52. The molecular weight excluding hydrogens is 180 g/mol. The number of hydrogen-bond donors (Lipinski definition) is 0. The quantitative estimate of drug-likeness (QED) is 0.675. The molecule has 0 spiro atoms. The summed E-state index contributed by atoms with van der Waals surface area (Å²) in [5.74, 6) is 0. The highest BCUT2D eigenvalue weighted by atomic mass is 32.1. The molecule has 2 nitrogen and oxygen atoms in total. The van der Waals surface area contributed by atoms with Crippen LogP contribution in [0.2, 0.25) is 0 Å². The molecule has 0 N–H and O–H groups in total. The van der Waals surface area contributed by atoms with Crippen molar-refractivity contribution in [2.24, 2.45) is 0 Å². The van der Waals surface area contributed by atoms with Crippen molar-refractivity contribution < 1.29 is 0 Å². The zero-order chi connectivity index (χ0) is 8.67. The first kappa shape index (κ1) is 7.33. The molecule has 0 amide bonds. The van der Waals surface area contributed by atoms with E-state index in [0.29, 0.717) is 0 Å². The van der Waals surface area contributed by atoms with Crippen molar-refractivity contribution in [3.8, 4) is 11.3 Å². The second-order valence-electron chi connectivity index (χ2n) is 3.36. The predicted molar refractivity (Wildman–Crippen MR) is 53.9 cm³/mol. The van der Waals surface area contributed by atoms with Gasteiger partial charge in [0.15, 0.2) is 0 Å². The number of rotatable bonds is 1. The molecule has 1 aliphatic rings. The molecule has 0 atom stereocenters. The average Bonchev–Trinajstić information content (AvgIpc) is 2.78. The summed E-state index contributed by atoms with van der Waals surface area (Å²) in [5.41, 5.74) is 3.78. The maximum atomic E-state index is 4.56. The van der Waals surface area contributed by atoms with Crippen LogP contribution in [-0.4, -0.2) is 9.78 Å². The minimum absolute atomic E-state index is 1.10. The van der Waals surface area contributed by atoms with E-state index in [1.165, 1.54) is 24.1 Å². The number of thiophene rings is 1. The van der Waals surface area contributed by atoms with E-state index in [2.05, 4.69) is 32.7 Å². The minimum atomic E-state index is 1.10. The molecule has 0 unspecified atom stereocenters. The van der Waals surface area contributed by atoms with Gasteiger partial charge >= 0.3 is 0 Å². The van der Waals surface area contributed by atoms with Crippen LogP contribution in [0.3, 0.4) is 0 Å². The van der Waals surface area contributed by atoms with Crippen LogP contribution in [0.15, 0.2) is 22.9 Å². The van der Waals surface area contributed by atoms with Gasteiger partial charge in [-0.15, -0.1) is 0 Å². The Bertz CT molecular complexity index is 393. The maximum Gasteiger partial charge on any atom is 0.0934 e. The van der Waals surface area contributed by atoms with Gasteiger partial charge in [-0.1, -0.05) is 0 Å². The largest absolute Gasteiger partial charge is 0.269 e. The molecule has 3 rings (SSSR count). The first-order valence-electron chi connectivity index (χ1n) is 4.53. The molecule has 0 radical (unpaired) electrons. The smallest absolute Gasteiger partial charge is 0.0934 e. The van der Waals surface area contributed by atoms with Crippen molar-refractivity contribution in [1.82, 2.24) is 9.78 Å². The molecule has 0 aromatic carbocycles. The zero-order valence-electron chi connectivity index (χ0n) is 7.23. The summed E-state index contributed by atoms with van der Waals surface area (Å²) in [4.78, 5) is 0. The maximum absolute atomic E-state index is 4.56. The van der Waals surface area contributed by atoms with Gasteiger partial charge < -0.3 is 0 Å². The van der Waals surface area contributed by atoms with E-state index in [1.54, 1.807) is 11.3 Å². The highest BCUT2D eigenvalue weighted by Gasteiger charge is 2.14. The molecule has 0 bridgehead atoms. The second kappa shape index (κ2) is 2.70. The molecule has 2 aromatic rings. The molecule has 2 aromatic heterocycles. The molecule has 0 saturated heterocycles. The number of hydrogen-bond acceptors (Lipinski definition) is 2. The van der Waals surface area contributed by atoms with Gasteiger partial charge in [0.05, 0.1) is 5.69 Å². The SMILES string of the molecule is c1cc(-c2cc3n(n2)CCC3)cs1. The molecule has 3 heterocycles. The molecule has 13 heavy (non-hydrogen) atoms. The third-order valence-electron chi connectivity index (χ3n) is 2.48. The first-order chi connectivity index (χ1) is 6.43. The molecular formula is C10H10N2S. The van der Waals surface area contributed by atoms with Crippen LogP contribution in [0, 0.1) is 0 Å². The van der Waals surface area contributed by atoms with Gasteiger partial charge in [-0.2, -0.15) is 16.4 Å². The van der Waals surface area contributed by atoms with Crippen LogP contribution in [0.5, 0.6) is 0 Å². The van der Waals surface area contributed by atoms with Crippen LogP contribution in [0.25, 0.3) is 11.3 Å². The lowest BCUT2D eigenvalue weighted by Crippen LogP contribution is -1.93. The van der Waals surface area contributed by atoms with Crippen molar-refractivity contribution in [2.75, 3.05) is 0 Å². The van der Waals surface area contributed by atoms with Gasteiger partial charge in [-0.3, -0.25) is 4.68 Å². The number of aromatic nitrogens is 2. The fourth-order valence-corrected chi connectivity index (χ4v) is 2.46. The lowest BCUT2D eigenvalue weighted by molar-refractivity contribution is 0.659. The van der Waals surface area contributed by atoms with Gasteiger partial charge in [0.2, 0.25) is 0 Å². The standard InChI is InChI=1S/C10H10N2S/c1-2-9-6-10(11-12(9)4-1)8-3-5-13-7-8/h3,5-7H,1-2,4H2. The van der Waals surface area contributed by atoms with Crippen LogP contribution >= 0.6 is 11.3 Å². The monoisotopic (exact) mass is 190 g/mol. The Hall–Kier alpha value is -1.09. The highest BCUT2D eigenvalue weighted by molar-refractivity contribution is 7.08. The molecule has 3 heteroatoms. The zero-order valence-corrected chi connectivity index (χ0v) is 8.05. The third kappa shape index (κ3) is 1.11. The number of fused-ring (bicyclic) bond motifs is 1. The second-order valence-corrected chi connectivity index (χ2v) is 4.14. The van der Waals surface area contributed by atoms with Crippen molar-refractivity contribution >= 4 is 11.3 Å². The highest BCUT2D eigenvalue weighted by Crippen LogP contribution is 2.24. The fraction of sp³-hybridized carbons (Fsp3) is 0.300. The summed E-state index contributed by atoms with van der Waals surface area (Å²) in [6.45, 7) is 1.10. The fourth-order valence-electron chi connectivity index (χ4n) is 1.81. The van der Waals surface area contributed by atoms with Crippen molar-refractivity contribution in [3.63, 3.8) is 0 Å². The van der Waals surface area contributed by atoms with Crippen LogP contribution < -0.4 is 0 Å². The Morgan fingerprint density at radius 1 is 1.46 bits per heavy atom. The number of nitrogens with zero attached hydrogens (tertiary/aromatic N) is 2. The Morgan fingerprint density at radius 2 is 2.46 bits per heavy atom. The van der Waals surface area contributed by atoms with E-state index in [1.807, 2.05) is 0 Å². The van der Waals surface area contributed by atoms with Gasteiger partial charge in [-0.25, -0.2) is 0 Å². The summed E-state index contributed by atoms with van der Waals surface area (Å²) < 4.78 is 2.13. The van der Waals surface area contributed by atoms with Crippen LogP contribution in [0.1, 0.15) is 12.1 Å². The lowest BCUT2D eigenvalue weighted by Gasteiger charge is -1.91. The summed E-state index contributed by atoms with van der Waals surface area (Å²) in [7, 11) is 0. The van der Waals surface area contributed by atoms with E-state index in [9.17, 15) is 0 Å². The van der Waals surface area contributed by atoms with E-state index in [-0.39, 0.29) is 0 Å². The summed E-state index contributed by atoms with van der Waals surface area (Å²) in [5, 5.41) is 8.80. The average molecular weight is 190 g/mol. The van der Waals surface area contributed by atoms with E-state index in [4.69, 9.17) is 0 Å². The normalized spacial score (nSPS) is 14.8. The summed E-state index contributed by atoms with van der Waals surface area (Å²) in [6.07, 6.45) is 2.45. The summed E-state index contributed by atoms with van der Waals surface area (Å²) >= 11 is 1.73. The topological polar surface area (TPSA) is 17.8 Å². The predicted octanol–water partition coefficient (Wildman–Crippen LogP) is 2.56. The molecule has 0 fully saturated rings. The lowest BCUT2D eigenvalue weighted by atomic mass is 10.2. The van der Waals surface area contributed by atoms with E-state index in [0.717, 1.165) is 12.2 Å².